The number of rotatable bonds is 3. The van der Waals surface area contributed by atoms with E-state index in [0.29, 0.717) is 11.3 Å². The third-order valence-electron chi connectivity index (χ3n) is 2.92. The molecule has 0 aliphatic carbocycles. The molecule has 3 nitrogen and oxygen atoms in total. The average molecular weight is 229 g/mol. The molecule has 0 aliphatic rings. The van der Waals surface area contributed by atoms with Crippen LogP contribution in [0.3, 0.4) is 0 Å². The zero-order chi connectivity index (χ0) is 12.4. The Bertz CT molecular complexity index is 538. The lowest BCUT2D eigenvalue weighted by atomic mass is 10.1. The molecule has 0 radical (unpaired) electrons. The van der Waals surface area contributed by atoms with Gasteiger partial charge in [-0.2, -0.15) is 0 Å². The van der Waals surface area contributed by atoms with Crippen molar-refractivity contribution in [3.63, 3.8) is 0 Å². The molecular formula is C14H15NO2. The Morgan fingerprint density at radius 1 is 1.29 bits per heavy atom. The molecule has 88 valence electrons. The number of hydrogen-bond acceptors (Lipinski definition) is 1. The van der Waals surface area contributed by atoms with E-state index in [0.717, 1.165) is 17.7 Å². The average Bonchev–Trinajstić information content (AvgIpc) is 2.71. The molecule has 2 rings (SSSR count). The molecule has 0 aliphatic heterocycles. The van der Waals surface area contributed by atoms with E-state index in [1.807, 2.05) is 12.1 Å². The summed E-state index contributed by atoms with van der Waals surface area (Å²) < 4.78 is 0. The van der Waals surface area contributed by atoms with Crippen LogP contribution in [0.2, 0.25) is 0 Å². The molecule has 0 atom stereocenters. The van der Waals surface area contributed by atoms with E-state index in [1.54, 1.807) is 13.0 Å². The Morgan fingerprint density at radius 3 is 2.41 bits per heavy atom. The van der Waals surface area contributed by atoms with Crippen LogP contribution in [0.4, 0.5) is 0 Å². The van der Waals surface area contributed by atoms with Crippen molar-refractivity contribution in [1.82, 2.24) is 4.98 Å². The van der Waals surface area contributed by atoms with Crippen LogP contribution < -0.4 is 0 Å². The summed E-state index contributed by atoms with van der Waals surface area (Å²) in [6.45, 7) is 3.88. The van der Waals surface area contributed by atoms with Gasteiger partial charge in [-0.3, -0.25) is 0 Å². The topological polar surface area (TPSA) is 53.1 Å². The quantitative estimate of drug-likeness (QED) is 0.848. The zero-order valence-corrected chi connectivity index (χ0v) is 9.95. The Hall–Kier alpha value is -2.03. The zero-order valence-electron chi connectivity index (χ0n) is 9.95. The maximum atomic E-state index is 10.9. The molecule has 2 aromatic rings. The number of aromatic nitrogens is 1. The van der Waals surface area contributed by atoms with Gasteiger partial charge in [0.15, 0.2) is 0 Å². The molecule has 1 aromatic carbocycles. The lowest BCUT2D eigenvalue weighted by molar-refractivity contribution is 0.0696. The lowest BCUT2D eigenvalue weighted by Crippen LogP contribution is -1.95. The van der Waals surface area contributed by atoms with E-state index >= 15 is 0 Å². The number of carbonyl (C=O) groups is 1. The number of H-pyrrole nitrogens is 1. The molecule has 3 heteroatoms. The van der Waals surface area contributed by atoms with Gasteiger partial charge >= 0.3 is 5.97 Å². The van der Waals surface area contributed by atoms with Crippen LogP contribution in [0.15, 0.2) is 30.3 Å². The minimum absolute atomic E-state index is 0.333. The first-order chi connectivity index (χ1) is 8.11. The summed E-state index contributed by atoms with van der Waals surface area (Å²) in [5.41, 5.74) is 4.16. The van der Waals surface area contributed by atoms with Crippen LogP contribution in [0.25, 0.3) is 11.3 Å². The Kier molecular flexibility index (Phi) is 3.00. The van der Waals surface area contributed by atoms with E-state index in [9.17, 15) is 4.79 Å². The van der Waals surface area contributed by atoms with Crippen molar-refractivity contribution >= 4 is 5.97 Å². The number of hydrogen-bond donors (Lipinski definition) is 2. The van der Waals surface area contributed by atoms with Gasteiger partial charge in [-0.1, -0.05) is 31.2 Å². The predicted octanol–water partition coefficient (Wildman–Crippen LogP) is 3.25. The summed E-state index contributed by atoms with van der Waals surface area (Å²) in [4.78, 5) is 14.0. The molecule has 2 N–H and O–H groups in total. The Morgan fingerprint density at radius 2 is 1.94 bits per heavy atom. The van der Waals surface area contributed by atoms with Gasteiger partial charge in [0, 0.05) is 11.4 Å². The standard InChI is InChI=1S/C14H15NO2/c1-3-10-4-6-11(7-5-10)13-8-12(14(16)17)9(2)15-13/h4-8,15H,3H2,1-2H3,(H,16,17). The fraction of sp³-hybridized carbons (Fsp3) is 0.214. The molecule has 0 saturated carbocycles. The van der Waals surface area contributed by atoms with Crippen molar-refractivity contribution in [3.05, 3.63) is 47.2 Å². The maximum Gasteiger partial charge on any atom is 0.337 e. The smallest absolute Gasteiger partial charge is 0.337 e. The summed E-state index contributed by atoms with van der Waals surface area (Å²) in [6.07, 6.45) is 1.00. The molecule has 0 fully saturated rings. The molecule has 1 heterocycles. The van der Waals surface area contributed by atoms with Crippen LogP contribution in [0.5, 0.6) is 0 Å². The summed E-state index contributed by atoms with van der Waals surface area (Å²) in [6, 6.07) is 9.82. The molecule has 0 amide bonds. The number of carboxylic acid groups (broad SMARTS) is 1. The number of nitrogens with one attached hydrogen (secondary N) is 1. The van der Waals surface area contributed by atoms with Crippen molar-refractivity contribution in [3.8, 4) is 11.3 Å². The second-order valence-corrected chi connectivity index (χ2v) is 4.08. The van der Waals surface area contributed by atoms with E-state index < -0.39 is 5.97 Å². The van der Waals surface area contributed by atoms with Gasteiger partial charge in [0.1, 0.15) is 0 Å². The van der Waals surface area contributed by atoms with Crippen LogP contribution in [0.1, 0.15) is 28.5 Å². The van der Waals surface area contributed by atoms with E-state index in [4.69, 9.17) is 5.11 Å². The molecule has 17 heavy (non-hydrogen) atoms. The van der Waals surface area contributed by atoms with Crippen molar-refractivity contribution in [2.75, 3.05) is 0 Å². The normalized spacial score (nSPS) is 10.5. The fourth-order valence-corrected chi connectivity index (χ4v) is 1.86. The highest BCUT2D eigenvalue weighted by molar-refractivity contribution is 5.90. The molecule has 0 unspecified atom stereocenters. The third-order valence-corrected chi connectivity index (χ3v) is 2.92. The van der Waals surface area contributed by atoms with Crippen LogP contribution in [-0.2, 0) is 6.42 Å². The number of carboxylic acids is 1. The first-order valence-electron chi connectivity index (χ1n) is 5.64. The second kappa shape index (κ2) is 4.45. The largest absolute Gasteiger partial charge is 0.478 e. The minimum atomic E-state index is -0.893. The van der Waals surface area contributed by atoms with Gasteiger partial charge in [0.25, 0.3) is 0 Å². The Labute approximate surface area is 100 Å². The van der Waals surface area contributed by atoms with E-state index in [1.165, 1.54) is 5.56 Å². The summed E-state index contributed by atoms with van der Waals surface area (Å²) in [5.74, 6) is -0.893. The molecule has 0 spiro atoms. The minimum Gasteiger partial charge on any atom is -0.478 e. The summed E-state index contributed by atoms with van der Waals surface area (Å²) >= 11 is 0. The second-order valence-electron chi connectivity index (χ2n) is 4.08. The van der Waals surface area contributed by atoms with Crippen molar-refractivity contribution in [1.29, 1.82) is 0 Å². The molecule has 0 bridgehead atoms. The van der Waals surface area contributed by atoms with Crippen LogP contribution >= 0.6 is 0 Å². The number of aryl methyl sites for hydroxylation is 2. The molecular weight excluding hydrogens is 214 g/mol. The first kappa shape index (κ1) is 11.5. The maximum absolute atomic E-state index is 10.9. The van der Waals surface area contributed by atoms with Gasteiger partial charge in [-0.15, -0.1) is 0 Å². The van der Waals surface area contributed by atoms with Gasteiger partial charge < -0.3 is 10.1 Å². The highest BCUT2D eigenvalue weighted by atomic mass is 16.4. The number of aromatic carboxylic acids is 1. The highest BCUT2D eigenvalue weighted by Gasteiger charge is 2.11. The van der Waals surface area contributed by atoms with Gasteiger partial charge in [-0.25, -0.2) is 4.79 Å². The van der Waals surface area contributed by atoms with Crippen molar-refractivity contribution in [2.24, 2.45) is 0 Å². The van der Waals surface area contributed by atoms with Crippen LogP contribution in [-0.4, -0.2) is 16.1 Å². The van der Waals surface area contributed by atoms with Gasteiger partial charge in [-0.05, 0) is 30.5 Å². The highest BCUT2D eigenvalue weighted by Crippen LogP contribution is 2.22. The summed E-state index contributed by atoms with van der Waals surface area (Å²) in [5, 5.41) is 8.99. The first-order valence-corrected chi connectivity index (χ1v) is 5.64. The summed E-state index contributed by atoms with van der Waals surface area (Å²) in [7, 11) is 0. The third kappa shape index (κ3) is 2.23. The van der Waals surface area contributed by atoms with Crippen molar-refractivity contribution in [2.45, 2.75) is 20.3 Å². The SMILES string of the molecule is CCc1ccc(-c2cc(C(=O)O)c(C)[nH]2)cc1. The lowest BCUT2D eigenvalue weighted by Gasteiger charge is -2.00. The fourth-order valence-electron chi connectivity index (χ4n) is 1.86. The number of benzene rings is 1. The van der Waals surface area contributed by atoms with Gasteiger partial charge in [0.2, 0.25) is 0 Å². The predicted molar refractivity (Wildman–Crippen MR) is 67.3 cm³/mol. The van der Waals surface area contributed by atoms with Gasteiger partial charge in [0.05, 0.1) is 5.56 Å². The van der Waals surface area contributed by atoms with E-state index in [-0.39, 0.29) is 0 Å². The molecule has 0 saturated heterocycles. The Balaban J connectivity index is 2.39. The molecule has 1 aromatic heterocycles. The monoisotopic (exact) mass is 229 g/mol. The van der Waals surface area contributed by atoms with Crippen molar-refractivity contribution < 1.29 is 9.90 Å². The van der Waals surface area contributed by atoms with Crippen LogP contribution in [0, 0.1) is 6.92 Å². The van der Waals surface area contributed by atoms with E-state index in [2.05, 4.69) is 24.0 Å². The number of aromatic amines is 1.